The Kier molecular flexibility index (Phi) is 19.0. The van der Waals surface area contributed by atoms with Crippen molar-refractivity contribution in [1.29, 1.82) is 0 Å². The minimum atomic E-state index is -1.57. The van der Waals surface area contributed by atoms with E-state index < -0.39 is 76.5 Å². The fraction of sp³-hybridized carbons (Fsp3) is 0.422. The van der Waals surface area contributed by atoms with Crippen LogP contribution in [0.15, 0.2) is 101 Å². The van der Waals surface area contributed by atoms with Gasteiger partial charge in [-0.1, -0.05) is 70.9 Å². The highest BCUT2D eigenvalue weighted by Crippen LogP contribution is 2.49. The van der Waals surface area contributed by atoms with Gasteiger partial charge in [-0.15, -0.1) is 0 Å². The number of hydrogen-bond donors (Lipinski definition) is 9. The van der Waals surface area contributed by atoms with Gasteiger partial charge in [-0.05, 0) is 148 Å². The van der Waals surface area contributed by atoms with E-state index >= 15 is 0 Å². The van der Waals surface area contributed by atoms with Crippen molar-refractivity contribution in [2.24, 2.45) is 0 Å². The van der Waals surface area contributed by atoms with Crippen LogP contribution in [0.25, 0.3) is 0 Å². The van der Waals surface area contributed by atoms with Crippen LogP contribution in [0.2, 0.25) is 0 Å². The number of benzene rings is 4. The largest absolute Gasteiger partial charge is 0.508 e. The van der Waals surface area contributed by atoms with Crippen LogP contribution >= 0.6 is 0 Å². The van der Waals surface area contributed by atoms with E-state index in [2.05, 4.69) is 65.8 Å². The van der Waals surface area contributed by atoms with Crippen molar-refractivity contribution in [3.05, 3.63) is 151 Å². The molecule has 18 heteroatoms. The molecule has 6 atom stereocenters. The average Bonchev–Trinajstić information content (AvgIpc) is 2.12. The van der Waals surface area contributed by atoms with E-state index in [0.717, 1.165) is 42.7 Å². The SMILES string of the molecule is CC(C)=CCC/C(C)=C/CCC1(C)Oc2c(c(O)cc3c2CN(C(C(=O)O)c2ccc(O)c(C(=O)O)c2)C3=O)CC1O.CC(C)=CCC/C(C)=C/CCC1(C)Oc2c(c(O)cc3c2CN(C(Cc2ccccc2O)C(=O)O)C3=O)CC1O. The summed E-state index contributed by atoms with van der Waals surface area (Å²) in [6, 6.07) is 9.59. The second-order valence-electron chi connectivity index (χ2n) is 22.9. The number of aliphatic hydroxyl groups is 2. The van der Waals surface area contributed by atoms with Crippen molar-refractivity contribution in [2.75, 3.05) is 0 Å². The summed E-state index contributed by atoms with van der Waals surface area (Å²) < 4.78 is 12.8. The summed E-state index contributed by atoms with van der Waals surface area (Å²) in [5.41, 5.74) is 4.89. The highest BCUT2D eigenvalue weighted by Gasteiger charge is 2.48. The van der Waals surface area contributed by atoms with Crippen molar-refractivity contribution in [1.82, 2.24) is 9.80 Å². The number of para-hydroxylation sites is 1. The number of rotatable bonds is 20. The number of aromatic carboxylic acids is 1. The Bertz CT molecular complexity index is 3270. The van der Waals surface area contributed by atoms with Crippen molar-refractivity contribution < 1.29 is 79.4 Å². The van der Waals surface area contributed by atoms with Gasteiger partial charge in [0.2, 0.25) is 0 Å². The predicted molar refractivity (Wildman–Crippen MR) is 305 cm³/mol. The lowest BCUT2D eigenvalue weighted by atomic mass is 9.84. The van der Waals surface area contributed by atoms with Crippen LogP contribution in [0, 0.1) is 0 Å². The van der Waals surface area contributed by atoms with Gasteiger partial charge in [0, 0.05) is 41.5 Å². The Hall–Kier alpha value is -8.09. The number of hydrogen-bond acceptors (Lipinski definition) is 13. The maximum atomic E-state index is 13.5. The van der Waals surface area contributed by atoms with Crippen LogP contribution in [0.4, 0.5) is 0 Å². The molecule has 438 valence electrons. The number of phenols is 4. The maximum absolute atomic E-state index is 13.5. The number of ether oxygens (including phenoxy) is 2. The zero-order valence-electron chi connectivity index (χ0n) is 47.8. The molecule has 4 heterocycles. The van der Waals surface area contributed by atoms with Crippen molar-refractivity contribution in [3.8, 4) is 34.5 Å². The third-order valence-corrected chi connectivity index (χ3v) is 16.1. The average molecular weight is 1130 g/mol. The lowest BCUT2D eigenvalue weighted by Crippen LogP contribution is -2.49. The number of aromatic hydroxyl groups is 4. The Labute approximate surface area is 477 Å². The van der Waals surface area contributed by atoms with Crippen LogP contribution in [-0.2, 0) is 41.9 Å². The molecule has 0 aliphatic carbocycles. The van der Waals surface area contributed by atoms with Gasteiger partial charge in [0.15, 0.2) is 6.04 Å². The number of aliphatic carboxylic acids is 2. The lowest BCUT2D eigenvalue weighted by molar-refractivity contribution is -0.143. The molecule has 0 spiro atoms. The molecular weight excluding hydrogens is 1050 g/mol. The molecule has 0 radical (unpaired) electrons. The summed E-state index contributed by atoms with van der Waals surface area (Å²) in [6.07, 6.45) is 13.2. The second-order valence-corrected chi connectivity index (χ2v) is 22.9. The molecule has 4 aliphatic heterocycles. The molecule has 0 saturated heterocycles. The Morgan fingerprint density at radius 3 is 1.52 bits per heavy atom. The molecule has 4 aromatic rings. The zero-order chi connectivity index (χ0) is 60.1. The topological polar surface area (TPSA) is 292 Å². The summed E-state index contributed by atoms with van der Waals surface area (Å²) in [4.78, 5) is 65.5. The molecule has 0 aromatic heterocycles. The smallest absolute Gasteiger partial charge is 0.339 e. The molecule has 82 heavy (non-hydrogen) atoms. The first kappa shape index (κ1) is 61.5. The number of allylic oxidation sites excluding steroid dienone is 8. The number of amides is 2. The molecule has 6 unspecified atom stereocenters. The number of carbonyl (C=O) groups is 5. The molecule has 0 saturated carbocycles. The standard InChI is InChI=1S/C32H37NO9.C32H39NO7/c1-17(2)7-5-8-18(3)9-6-12-32(4)26(36)15-21-25(35)14-20-23(28(21)42-32)16-33(29(20)37)27(31(40)41)19-10-11-24(34)22(13-19)30(38)39;1-19(2)9-7-10-20(3)11-8-14-32(4)28(36)17-23-27(35)16-22-24(29(23)40-32)18-33(30(22)37)25(31(38)39)15-21-12-5-6-13-26(21)34/h7,9-11,13-14,26-27,34-36H,5-6,8,12,15-16H2,1-4H3,(H,38,39)(H,40,41);5-6,9,11-13,16,25,28,34-36H,7-8,10,14-15,17-18H2,1-4H3,(H,38,39)/b18-9+;20-11+. The molecule has 2 amide bonds. The van der Waals surface area contributed by atoms with Gasteiger partial charge in [-0.3, -0.25) is 9.59 Å². The summed E-state index contributed by atoms with van der Waals surface area (Å²) in [6.45, 7) is 15.9. The van der Waals surface area contributed by atoms with Crippen molar-refractivity contribution >= 4 is 29.7 Å². The van der Waals surface area contributed by atoms with E-state index in [-0.39, 0.29) is 72.0 Å². The minimum absolute atomic E-state index is 0.00938. The molecule has 18 nitrogen and oxygen atoms in total. The summed E-state index contributed by atoms with van der Waals surface area (Å²) >= 11 is 0. The molecule has 0 bridgehead atoms. The van der Waals surface area contributed by atoms with Gasteiger partial charge in [-0.25, -0.2) is 14.4 Å². The highest BCUT2D eigenvalue weighted by molar-refractivity contribution is 6.03. The van der Waals surface area contributed by atoms with Gasteiger partial charge in [0.05, 0.1) is 36.4 Å². The lowest BCUT2D eigenvalue weighted by Gasteiger charge is -2.41. The molecule has 9 N–H and O–H groups in total. The summed E-state index contributed by atoms with van der Waals surface area (Å²) in [5.74, 6) is -5.62. The molecule has 8 rings (SSSR count). The van der Waals surface area contributed by atoms with E-state index in [1.165, 1.54) is 51.5 Å². The van der Waals surface area contributed by atoms with Crippen LogP contribution in [0.3, 0.4) is 0 Å². The van der Waals surface area contributed by atoms with E-state index in [1.54, 1.807) is 25.1 Å². The summed E-state index contributed by atoms with van der Waals surface area (Å²) in [5, 5.41) is 93.2. The first-order valence-electron chi connectivity index (χ1n) is 27.6. The number of phenolic OH excluding ortho intramolecular Hbond substituents is 3. The molecule has 4 aliphatic rings. The highest BCUT2D eigenvalue weighted by atomic mass is 16.5. The van der Waals surface area contributed by atoms with E-state index in [0.29, 0.717) is 59.3 Å². The van der Waals surface area contributed by atoms with Crippen molar-refractivity contribution in [3.63, 3.8) is 0 Å². The van der Waals surface area contributed by atoms with Crippen LogP contribution in [0.5, 0.6) is 34.5 Å². The van der Waals surface area contributed by atoms with E-state index in [9.17, 15) is 69.9 Å². The second kappa shape index (κ2) is 25.4. The maximum Gasteiger partial charge on any atom is 0.339 e. The third kappa shape index (κ3) is 13.5. The van der Waals surface area contributed by atoms with Gasteiger partial charge in [0.1, 0.15) is 57.3 Å². The minimum Gasteiger partial charge on any atom is -0.508 e. The first-order chi connectivity index (χ1) is 38.6. The van der Waals surface area contributed by atoms with Crippen LogP contribution in [-0.4, -0.2) is 115 Å². The Balaban J connectivity index is 0.000000236. The van der Waals surface area contributed by atoms with Gasteiger partial charge >= 0.3 is 17.9 Å². The number of carboxylic acids is 3. The monoisotopic (exact) mass is 1130 g/mol. The molecular formula is C64H76N2O16. The molecule has 4 aromatic carbocycles. The van der Waals surface area contributed by atoms with Gasteiger partial charge in [0.25, 0.3) is 11.8 Å². The van der Waals surface area contributed by atoms with Crippen molar-refractivity contribution in [2.45, 2.75) is 175 Å². The van der Waals surface area contributed by atoms with Gasteiger partial charge < -0.3 is 65.2 Å². The zero-order valence-corrected chi connectivity index (χ0v) is 47.8. The van der Waals surface area contributed by atoms with E-state index in [4.69, 9.17) is 9.47 Å². The Morgan fingerprint density at radius 1 is 0.598 bits per heavy atom. The van der Waals surface area contributed by atoms with Crippen LogP contribution in [0.1, 0.15) is 177 Å². The number of nitrogens with zero attached hydrogens (tertiary/aromatic N) is 2. The normalized spacial score (nSPS) is 20.7. The number of fused-ring (bicyclic) bond motifs is 6. The van der Waals surface area contributed by atoms with Gasteiger partial charge in [-0.2, -0.15) is 0 Å². The predicted octanol–water partition coefficient (Wildman–Crippen LogP) is 10.4. The number of aliphatic hydroxyl groups excluding tert-OH is 2. The Morgan fingerprint density at radius 2 is 1.07 bits per heavy atom. The third-order valence-electron chi connectivity index (χ3n) is 16.1. The molecule has 0 fully saturated rings. The van der Waals surface area contributed by atoms with Crippen LogP contribution < -0.4 is 9.47 Å². The number of carbonyl (C=O) groups excluding carboxylic acids is 2. The quantitative estimate of drug-likeness (QED) is 0.0372. The fourth-order valence-corrected chi connectivity index (χ4v) is 11.1. The van der Waals surface area contributed by atoms with E-state index in [1.807, 2.05) is 6.92 Å². The summed E-state index contributed by atoms with van der Waals surface area (Å²) in [7, 11) is 0. The number of carboxylic acid groups (broad SMARTS) is 3. The first-order valence-corrected chi connectivity index (χ1v) is 27.6. The fourth-order valence-electron chi connectivity index (χ4n) is 11.1.